The fourth-order valence-corrected chi connectivity index (χ4v) is 2.34. The van der Waals surface area contributed by atoms with Gasteiger partial charge in [0.15, 0.2) is 0 Å². The number of nitrogens with two attached hydrogens (primary N) is 1. The molecule has 4 heteroatoms. The standard InChI is InChI=1S/C12H15ClN2O/c1-7(14)12(16)15-11-6-5-8-9(11)3-2-4-10(8)13/h2-4,7,11H,5-6,14H2,1H3,(H,15,16)/t7-,11?/m1/s1. The van der Waals surface area contributed by atoms with Crippen LogP contribution in [-0.4, -0.2) is 11.9 Å². The van der Waals surface area contributed by atoms with Crippen molar-refractivity contribution in [3.63, 3.8) is 0 Å². The van der Waals surface area contributed by atoms with Crippen molar-refractivity contribution in [2.45, 2.75) is 31.8 Å². The van der Waals surface area contributed by atoms with Gasteiger partial charge >= 0.3 is 0 Å². The molecule has 0 spiro atoms. The summed E-state index contributed by atoms with van der Waals surface area (Å²) < 4.78 is 0. The van der Waals surface area contributed by atoms with Crippen LogP contribution in [0.3, 0.4) is 0 Å². The maximum atomic E-state index is 11.5. The first kappa shape index (κ1) is 11.4. The Morgan fingerprint density at radius 1 is 1.62 bits per heavy atom. The summed E-state index contributed by atoms with van der Waals surface area (Å²) in [6, 6.07) is 5.41. The molecule has 86 valence electrons. The van der Waals surface area contributed by atoms with E-state index in [1.165, 1.54) is 0 Å². The lowest BCUT2D eigenvalue weighted by molar-refractivity contribution is -0.122. The molecule has 0 aliphatic heterocycles. The maximum absolute atomic E-state index is 11.5. The Bertz CT molecular complexity index is 417. The van der Waals surface area contributed by atoms with Crippen molar-refractivity contribution < 1.29 is 4.79 Å². The van der Waals surface area contributed by atoms with Gasteiger partial charge in [-0.2, -0.15) is 0 Å². The van der Waals surface area contributed by atoms with E-state index in [9.17, 15) is 4.79 Å². The molecule has 3 N–H and O–H groups in total. The van der Waals surface area contributed by atoms with Crippen LogP contribution in [0.2, 0.25) is 5.02 Å². The Kier molecular flexibility index (Phi) is 3.17. The van der Waals surface area contributed by atoms with Crippen molar-refractivity contribution in [2.24, 2.45) is 5.73 Å². The smallest absolute Gasteiger partial charge is 0.237 e. The van der Waals surface area contributed by atoms with Crippen molar-refractivity contribution >= 4 is 17.5 Å². The quantitative estimate of drug-likeness (QED) is 0.826. The van der Waals surface area contributed by atoms with Crippen LogP contribution < -0.4 is 11.1 Å². The molecule has 0 bridgehead atoms. The van der Waals surface area contributed by atoms with Crippen LogP contribution in [0.25, 0.3) is 0 Å². The molecule has 16 heavy (non-hydrogen) atoms. The Morgan fingerprint density at radius 2 is 2.38 bits per heavy atom. The molecule has 0 heterocycles. The lowest BCUT2D eigenvalue weighted by Crippen LogP contribution is -2.39. The van der Waals surface area contributed by atoms with Crippen molar-refractivity contribution in [1.82, 2.24) is 5.32 Å². The number of rotatable bonds is 2. The largest absolute Gasteiger partial charge is 0.348 e. The van der Waals surface area contributed by atoms with Gasteiger partial charge in [-0.25, -0.2) is 0 Å². The molecule has 2 rings (SSSR count). The predicted octanol–water partition coefficient (Wildman–Crippen LogP) is 1.79. The Hall–Kier alpha value is -1.06. The minimum atomic E-state index is -0.469. The van der Waals surface area contributed by atoms with E-state index in [2.05, 4.69) is 5.32 Å². The van der Waals surface area contributed by atoms with Gasteiger partial charge in [0.05, 0.1) is 12.1 Å². The van der Waals surface area contributed by atoms with Crippen molar-refractivity contribution in [3.05, 3.63) is 34.3 Å². The summed E-state index contributed by atoms with van der Waals surface area (Å²) in [5, 5.41) is 3.73. The number of hydrogen-bond donors (Lipinski definition) is 2. The number of fused-ring (bicyclic) bond motifs is 1. The van der Waals surface area contributed by atoms with Gasteiger partial charge in [0.2, 0.25) is 5.91 Å². The SMILES string of the molecule is C[C@@H](N)C(=O)NC1CCc2c(Cl)cccc21. The summed E-state index contributed by atoms with van der Waals surface area (Å²) >= 11 is 6.10. The van der Waals surface area contributed by atoms with E-state index in [0.29, 0.717) is 0 Å². The Morgan fingerprint density at radius 3 is 3.06 bits per heavy atom. The normalized spacial score (nSPS) is 20.3. The van der Waals surface area contributed by atoms with E-state index in [1.807, 2.05) is 18.2 Å². The molecule has 1 aliphatic rings. The van der Waals surface area contributed by atoms with E-state index in [4.69, 9.17) is 17.3 Å². The van der Waals surface area contributed by atoms with Crippen LogP contribution in [0.1, 0.15) is 30.5 Å². The average Bonchev–Trinajstić information content (AvgIpc) is 2.63. The van der Waals surface area contributed by atoms with E-state index >= 15 is 0 Å². The first-order valence-electron chi connectivity index (χ1n) is 5.43. The molecule has 2 atom stereocenters. The molecule has 0 fully saturated rings. The molecule has 3 nitrogen and oxygen atoms in total. The van der Waals surface area contributed by atoms with Crippen LogP contribution in [0.4, 0.5) is 0 Å². The summed E-state index contributed by atoms with van der Waals surface area (Å²) in [7, 11) is 0. The van der Waals surface area contributed by atoms with Gasteiger partial charge in [-0.3, -0.25) is 4.79 Å². The second kappa shape index (κ2) is 4.44. The summed E-state index contributed by atoms with van der Waals surface area (Å²) in [5.74, 6) is -0.113. The van der Waals surface area contributed by atoms with Crippen LogP contribution >= 0.6 is 11.6 Å². The molecule has 1 unspecified atom stereocenters. The minimum Gasteiger partial charge on any atom is -0.348 e. The molecule has 0 saturated heterocycles. The third-order valence-corrected chi connectivity index (χ3v) is 3.30. The highest BCUT2D eigenvalue weighted by Crippen LogP contribution is 2.35. The summed E-state index contributed by atoms with van der Waals surface area (Å²) in [6.45, 7) is 1.68. The topological polar surface area (TPSA) is 55.1 Å². The summed E-state index contributed by atoms with van der Waals surface area (Å²) in [6.07, 6.45) is 1.82. The molecule has 1 aromatic carbocycles. The van der Waals surface area contributed by atoms with Gasteiger partial charge in [-0.05, 0) is 37.0 Å². The molecule has 0 aromatic heterocycles. The second-order valence-electron chi connectivity index (χ2n) is 4.20. The average molecular weight is 239 g/mol. The zero-order chi connectivity index (χ0) is 11.7. The fourth-order valence-electron chi connectivity index (χ4n) is 2.06. The van der Waals surface area contributed by atoms with Crippen molar-refractivity contribution in [2.75, 3.05) is 0 Å². The van der Waals surface area contributed by atoms with E-state index in [0.717, 1.165) is 29.0 Å². The van der Waals surface area contributed by atoms with Crippen LogP contribution in [0.5, 0.6) is 0 Å². The number of nitrogens with one attached hydrogen (secondary N) is 1. The van der Waals surface area contributed by atoms with Gasteiger partial charge in [-0.15, -0.1) is 0 Å². The van der Waals surface area contributed by atoms with Gasteiger partial charge in [0.1, 0.15) is 0 Å². The molecule has 1 aliphatic carbocycles. The van der Waals surface area contributed by atoms with E-state index in [1.54, 1.807) is 6.92 Å². The molecule has 0 saturated carbocycles. The predicted molar refractivity (Wildman–Crippen MR) is 64.3 cm³/mol. The molecule has 1 amide bonds. The molecular formula is C12H15ClN2O. The van der Waals surface area contributed by atoms with Gasteiger partial charge in [0, 0.05) is 5.02 Å². The maximum Gasteiger partial charge on any atom is 0.237 e. The van der Waals surface area contributed by atoms with E-state index < -0.39 is 6.04 Å². The van der Waals surface area contributed by atoms with Crippen LogP contribution in [0.15, 0.2) is 18.2 Å². The Labute approximate surface area is 100.0 Å². The number of carbonyl (C=O) groups excluding carboxylic acids is 1. The lowest BCUT2D eigenvalue weighted by Gasteiger charge is -2.15. The first-order valence-corrected chi connectivity index (χ1v) is 5.80. The second-order valence-corrected chi connectivity index (χ2v) is 4.60. The van der Waals surface area contributed by atoms with Gasteiger partial charge in [0.25, 0.3) is 0 Å². The monoisotopic (exact) mass is 238 g/mol. The molecular weight excluding hydrogens is 224 g/mol. The fraction of sp³-hybridized carbons (Fsp3) is 0.417. The zero-order valence-electron chi connectivity index (χ0n) is 9.16. The van der Waals surface area contributed by atoms with E-state index in [-0.39, 0.29) is 11.9 Å². The highest BCUT2D eigenvalue weighted by molar-refractivity contribution is 6.31. The molecule has 0 radical (unpaired) electrons. The Balaban J connectivity index is 2.18. The number of amides is 1. The number of hydrogen-bond acceptors (Lipinski definition) is 2. The van der Waals surface area contributed by atoms with Crippen LogP contribution in [-0.2, 0) is 11.2 Å². The summed E-state index contributed by atoms with van der Waals surface area (Å²) in [5.41, 5.74) is 7.80. The third kappa shape index (κ3) is 2.06. The van der Waals surface area contributed by atoms with Crippen molar-refractivity contribution in [1.29, 1.82) is 0 Å². The van der Waals surface area contributed by atoms with Gasteiger partial charge < -0.3 is 11.1 Å². The van der Waals surface area contributed by atoms with Crippen molar-refractivity contribution in [3.8, 4) is 0 Å². The highest BCUT2D eigenvalue weighted by atomic mass is 35.5. The number of halogens is 1. The number of carbonyl (C=O) groups is 1. The minimum absolute atomic E-state index is 0.0622. The number of benzene rings is 1. The molecule has 1 aromatic rings. The van der Waals surface area contributed by atoms with Crippen LogP contribution in [0, 0.1) is 0 Å². The highest BCUT2D eigenvalue weighted by Gasteiger charge is 2.25. The zero-order valence-corrected chi connectivity index (χ0v) is 9.92. The lowest BCUT2D eigenvalue weighted by atomic mass is 10.1. The summed E-state index contributed by atoms with van der Waals surface area (Å²) in [4.78, 5) is 11.5. The first-order chi connectivity index (χ1) is 7.59. The third-order valence-electron chi connectivity index (χ3n) is 2.94. The van der Waals surface area contributed by atoms with Gasteiger partial charge in [-0.1, -0.05) is 23.7 Å².